The number of alkyl halides is 2. The Morgan fingerprint density at radius 1 is 1.73 bits per heavy atom. The molecule has 0 radical (unpaired) electrons. The van der Waals surface area contributed by atoms with Crippen molar-refractivity contribution < 1.29 is 13.6 Å². The van der Waals surface area contributed by atoms with E-state index in [1.165, 1.54) is 6.92 Å². The Bertz CT molecular complexity index is 290. The lowest BCUT2D eigenvalue weighted by atomic mass is 10.2. The molecular weight excluding hydrogens is 228 g/mol. The molecule has 7 heteroatoms. The zero-order valence-corrected chi connectivity index (χ0v) is 8.93. The van der Waals surface area contributed by atoms with Gasteiger partial charge < -0.3 is 10.6 Å². The highest BCUT2D eigenvalue weighted by atomic mass is 35.5. The Balaban J connectivity index is 0.00000196. The van der Waals surface area contributed by atoms with E-state index in [9.17, 15) is 13.6 Å². The zero-order valence-electron chi connectivity index (χ0n) is 8.11. The fourth-order valence-corrected chi connectivity index (χ4v) is 1.43. The summed E-state index contributed by atoms with van der Waals surface area (Å²) in [5.74, 6) is -3.57. The number of carbonyl (C=O) groups is 1. The van der Waals surface area contributed by atoms with Gasteiger partial charge in [0.15, 0.2) is 0 Å². The van der Waals surface area contributed by atoms with Crippen LogP contribution in [0.5, 0.6) is 0 Å². The predicted octanol–water partition coefficient (Wildman–Crippen LogP) is 0.515. The van der Waals surface area contributed by atoms with Crippen LogP contribution in [0.2, 0.25) is 0 Å². The van der Waals surface area contributed by atoms with E-state index >= 15 is 0 Å². The molecule has 2 unspecified atom stereocenters. The number of nitriles is 1. The molecule has 2 atom stereocenters. The van der Waals surface area contributed by atoms with E-state index in [1.54, 1.807) is 6.07 Å². The number of halogens is 3. The molecule has 4 nitrogen and oxygen atoms in total. The molecular formula is C8H12ClF2N3O. The molecule has 1 aliphatic rings. The molecule has 1 fully saturated rings. The number of carbonyl (C=O) groups excluding carboxylic acids is 1. The van der Waals surface area contributed by atoms with E-state index in [1.807, 2.05) is 0 Å². The van der Waals surface area contributed by atoms with Gasteiger partial charge in [0.05, 0.1) is 18.7 Å². The normalized spacial score (nSPS) is 25.3. The van der Waals surface area contributed by atoms with Crippen LogP contribution in [-0.4, -0.2) is 35.4 Å². The highest BCUT2D eigenvalue weighted by molar-refractivity contribution is 5.85. The Morgan fingerprint density at radius 3 is 2.67 bits per heavy atom. The Labute approximate surface area is 92.4 Å². The summed E-state index contributed by atoms with van der Waals surface area (Å²) in [6.07, 6.45) is -0.595. The third-order valence-electron chi connectivity index (χ3n) is 2.09. The summed E-state index contributed by atoms with van der Waals surface area (Å²) in [4.78, 5) is 12.2. The van der Waals surface area contributed by atoms with Crippen molar-refractivity contribution >= 4 is 18.3 Å². The summed E-state index contributed by atoms with van der Waals surface area (Å²) in [5, 5.41) is 8.58. The topological polar surface area (TPSA) is 70.1 Å². The maximum Gasteiger partial charge on any atom is 0.268 e. The van der Waals surface area contributed by atoms with Crippen molar-refractivity contribution in [3.63, 3.8) is 0 Å². The standard InChI is InChI=1S/C8H11F2N3O.ClH/c1-5(12)7(14)13-4-8(9,10)2-6(13)3-11;/h5-6H,2,4,12H2,1H3;1H. The molecule has 0 aromatic carbocycles. The van der Waals surface area contributed by atoms with Gasteiger partial charge in [-0.05, 0) is 6.92 Å². The van der Waals surface area contributed by atoms with Gasteiger partial charge in [-0.15, -0.1) is 12.4 Å². The fourth-order valence-electron chi connectivity index (χ4n) is 1.43. The van der Waals surface area contributed by atoms with Gasteiger partial charge in [0.2, 0.25) is 5.91 Å². The Hall–Kier alpha value is -0.930. The number of nitrogens with zero attached hydrogens (tertiary/aromatic N) is 2. The van der Waals surface area contributed by atoms with Gasteiger partial charge >= 0.3 is 0 Å². The van der Waals surface area contributed by atoms with Crippen LogP contribution in [0.25, 0.3) is 0 Å². The first-order chi connectivity index (χ1) is 6.37. The van der Waals surface area contributed by atoms with Crippen LogP contribution in [0, 0.1) is 11.3 Å². The molecule has 0 aliphatic carbocycles. The largest absolute Gasteiger partial charge is 0.320 e. The third-order valence-corrected chi connectivity index (χ3v) is 2.09. The van der Waals surface area contributed by atoms with Crippen molar-refractivity contribution in [2.45, 2.75) is 31.4 Å². The van der Waals surface area contributed by atoms with E-state index in [0.717, 1.165) is 4.90 Å². The maximum absolute atomic E-state index is 12.9. The number of amides is 1. The van der Waals surface area contributed by atoms with E-state index in [-0.39, 0.29) is 12.4 Å². The van der Waals surface area contributed by atoms with Crippen LogP contribution >= 0.6 is 12.4 Å². The summed E-state index contributed by atoms with van der Waals surface area (Å²) in [6.45, 7) is 0.707. The molecule has 0 aromatic rings. The zero-order chi connectivity index (χ0) is 10.9. The van der Waals surface area contributed by atoms with Crippen LogP contribution in [0.3, 0.4) is 0 Å². The first kappa shape index (κ1) is 14.1. The lowest BCUT2D eigenvalue weighted by Gasteiger charge is -2.20. The van der Waals surface area contributed by atoms with E-state index in [0.29, 0.717) is 0 Å². The van der Waals surface area contributed by atoms with Crippen LogP contribution in [0.4, 0.5) is 8.78 Å². The SMILES string of the molecule is CC(N)C(=O)N1CC(F)(F)CC1C#N.Cl. The molecule has 1 rings (SSSR count). The van der Waals surface area contributed by atoms with Crippen molar-refractivity contribution in [1.29, 1.82) is 5.26 Å². The number of rotatable bonds is 1. The van der Waals surface area contributed by atoms with Crippen LogP contribution in [0.1, 0.15) is 13.3 Å². The number of hydrogen-bond donors (Lipinski definition) is 1. The monoisotopic (exact) mass is 239 g/mol. The summed E-state index contributed by atoms with van der Waals surface area (Å²) in [5.41, 5.74) is 5.28. The second-order valence-corrected chi connectivity index (χ2v) is 3.46. The summed E-state index contributed by atoms with van der Waals surface area (Å²) in [6, 6.07) is -0.225. The highest BCUT2D eigenvalue weighted by Crippen LogP contribution is 2.31. The van der Waals surface area contributed by atoms with Gasteiger partial charge in [-0.1, -0.05) is 0 Å². The smallest absolute Gasteiger partial charge is 0.268 e. The first-order valence-corrected chi connectivity index (χ1v) is 4.21. The van der Waals surface area contributed by atoms with Gasteiger partial charge in [0, 0.05) is 6.42 Å². The maximum atomic E-state index is 12.9. The molecule has 0 aromatic heterocycles. The molecule has 0 spiro atoms. The highest BCUT2D eigenvalue weighted by Gasteiger charge is 2.47. The minimum Gasteiger partial charge on any atom is -0.320 e. The number of hydrogen-bond acceptors (Lipinski definition) is 3. The molecule has 15 heavy (non-hydrogen) atoms. The molecule has 86 valence electrons. The van der Waals surface area contributed by atoms with E-state index < -0.39 is 36.9 Å². The lowest BCUT2D eigenvalue weighted by molar-refractivity contribution is -0.133. The number of likely N-dealkylation sites (tertiary alicyclic amines) is 1. The fraction of sp³-hybridized carbons (Fsp3) is 0.750. The van der Waals surface area contributed by atoms with Crippen molar-refractivity contribution in [3.8, 4) is 6.07 Å². The van der Waals surface area contributed by atoms with Gasteiger partial charge in [0.25, 0.3) is 5.92 Å². The average molecular weight is 240 g/mol. The second kappa shape index (κ2) is 4.73. The summed E-state index contributed by atoms with van der Waals surface area (Å²) < 4.78 is 25.7. The molecule has 0 saturated carbocycles. The second-order valence-electron chi connectivity index (χ2n) is 3.46. The predicted molar refractivity (Wildman–Crippen MR) is 51.6 cm³/mol. The lowest BCUT2D eigenvalue weighted by Crippen LogP contribution is -2.44. The quantitative estimate of drug-likeness (QED) is 0.725. The van der Waals surface area contributed by atoms with Crippen LogP contribution < -0.4 is 5.73 Å². The van der Waals surface area contributed by atoms with Gasteiger partial charge in [-0.25, -0.2) is 8.78 Å². The van der Waals surface area contributed by atoms with Crippen molar-refractivity contribution in [3.05, 3.63) is 0 Å². The molecule has 1 aliphatic heterocycles. The Morgan fingerprint density at radius 2 is 2.27 bits per heavy atom. The minimum absolute atomic E-state index is 0. The van der Waals surface area contributed by atoms with E-state index in [2.05, 4.69) is 0 Å². The van der Waals surface area contributed by atoms with Crippen LogP contribution in [0.15, 0.2) is 0 Å². The molecule has 1 amide bonds. The van der Waals surface area contributed by atoms with Crippen molar-refractivity contribution in [2.24, 2.45) is 5.73 Å². The van der Waals surface area contributed by atoms with Gasteiger partial charge in [-0.3, -0.25) is 4.79 Å². The molecule has 1 heterocycles. The van der Waals surface area contributed by atoms with Crippen LogP contribution in [-0.2, 0) is 4.79 Å². The first-order valence-electron chi connectivity index (χ1n) is 4.21. The third kappa shape index (κ3) is 3.01. The van der Waals surface area contributed by atoms with Gasteiger partial charge in [0.1, 0.15) is 6.04 Å². The average Bonchev–Trinajstić information content (AvgIpc) is 2.39. The molecule has 0 bridgehead atoms. The number of nitrogens with two attached hydrogens (primary N) is 1. The summed E-state index contributed by atoms with van der Waals surface area (Å²) >= 11 is 0. The van der Waals surface area contributed by atoms with Crippen molar-refractivity contribution in [2.75, 3.05) is 6.54 Å². The molecule has 2 N–H and O–H groups in total. The molecule has 1 saturated heterocycles. The Kier molecular flexibility index (Phi) is 4.43. The summed E-state index contributed by atoms with van der Waals surface area (Å²) in [7, 11) is 0. The van der Waals surface area contributed by atoms with Crippen molar-refractivity contribution in [1.82, 2.24) is 4.90 Å². The minimum atomic E-state index is -2.97. The van der Waals surface area contributed by atoms with E-state index in [4.69, 9.17) is 11.0 Å². The van der Waals surface area contributed by atoms with Gasteiger partial charge in [-0.2, -0.15) is 5.26 Å².